The van der Waals surface area contributed by atoms with Gasteiger partial charge in [0.05, 0.1) is 4.21 Å². The SMILES string of the molecule is Cc1ccc(C)c(-c2csc(Sc3ccccc3)c2-c2cc(C)ccc2C)c1. The number of hydrogen-bond donors (Lipinski definition) is 0. The Labute approximate surface area is 176 Å². The molecule has 0 amide bonds. The van der Waals surface area contributed by atoms with Crippen LogP contribution in [0.3, 0.4) is 0 Å². The molecule has 140 valence electrons. The van der Waals surface area contributed by atoms with E-state index in [2.05, 4.69) is 99.8 Å². The third-order valence-corrected chi connectivity index (χ3v) is 7.26. The molecule has 1 aromatic heterocycles. The zero-order valence-electron chi connectivity index (χ0n) is 16.7. The average Bonchev–Trinajstić information content (AvgIpc) is 3.09. The van der Waals surface area contributed by atoms with E-state index in [4.69, 9.17) is 0 Å². The first kappa shape index (κ1) is 19.0. The summed E-state index contributed by atoms with van der Waals surface area (Å²) in [6.45, 7) is 8.78. The number of aryl methyl sites for hydroxylation is 4. The highest BCUT2D eigenvalue weighted by Crippen LogP contribution is 2.48. The zero-order valence-corrected chi connectivity index (χ0v) is 18.4. The zero-order chi connectivity index (χ0) is 19.7. The van der Waals surface area contributed by atoms with E-state index in [0.29, 0.717) is 0 Å². The van der Waals surface area contributed by atoms with Crippen molar-refractivity contribution < 1.29 is 0 Å². The summed E-state index contributed by atoms with van der Waals surface area (Å²) in [6, 6.07) is 24.2. The largest absolute Gasteiger partial charge is 0.136 e. The van der Waals surface area contributed by atoms with Crippen LogP contribution in [0.4, 0.5) is 0 Å². The summed E-state index contributed by atoms with van der Waals surface area (Å²) in [5.74, 6) is 0. The van der Waals surface area contributed by atoms with Crippen LogP contribution < -0.4 is 0 Å². The van der Waals surface area contributed by atoms with Crippen molar-refractivity contribution in [2.75, 3.05) is 0 Å². The third-order valence-electron chi connectivity index (χ3n) is 5.06. The van der Waals surface area contributed by atoms with Gasteiger partial charge in [0.1, 0.15) is 0 Å². The Bertz CT molecular complexity index is 1120. The second-order valence-electron chi connectivity index (χ2n) is 7.36. The fourth-order valence-corrected chi connectivity index (χ4v) is 5.76. The number of rotatable bonds is 4. The molecule has 0 N–H and O–H groups in total. The molecule has 0 nitrogen and oxygen atoms in total. The molecule has 0 aliphatic carbocycles. The van der Waals surface area contributed by atoms with Gasteiger partial charge >= 0.3 is 0 Å². The molecule has 2 heteroatoms. The molecule has 1 heterocycles. The van der Waals surface area contributed by atoms with E-state index in [1.807, 2.05) is 23.1 Å². The van der Waals surface area contributed by atoms with Crippen molar-refractivity contribution in [2.45, 2.75) is 36.8 Å². The minimum atomic E-state index is 1.28. The summed E-state index contributed by atoms with van der Waals surface area (Å²) >= 11 is 3.72. The van der Waals surface area contributed by atoms with Crippen LogP contribution in [0.1, 0.15) is 22.3 Å². The lowest BCUT2D eigenvalue weighted by atomic mass is 9.92. The van der Waals surface area contributed by atoms with Gasteiger partial charge < -0.3 is 0 Å². The standard InChI is InChI=1S/C26H24S2/c1-17-10-12-19(3)22(14-17)24-16-27-26(28-21-8-6-5-7-9-21)25(24)23-15-18(2)11-13-20(23)4/h5-16H,1-4H3. The van der Waals surface area contributed by atoms with Crippen LogP contribution in [0, 0.1) is 27.7 Å². The molecule has 0 unspecified atom stereocenters. The van der Waals surface area contributed by atoms with E-state index in [1.54, 1.807) is 0 Å². The van der Waals surface area contributed by atoms with Crippen molar-refractivity contribution in [3.8, 4) is 22.3 Å². The Morgan fingerprint density at radius 3 is 1.93 bits per heavy atom. The molecule has 4 aromatic rings. The van der Waals surface area contributed by atoms with Crippen molar-refractivity contribution in [3.05, 3.63) is 94.4 Å². The summed E-state index contributed by atoms with van der Waals surface area (Å²) < 4.78 is 1.36. The molecule has 0 saturated heterocycles. The topological polar surface area (TPSA) is 0 Å². The van der Waals surface area contributed by atoms with Crippen molar-refractivity contribution >= 4 is 23.1 Å². The summed E-state index contributed by atoms with van der Waals surface area (Å²) in [4.78, 5) is 1.28. The number of hydrogen-bond acceptors (Lipinski definition) is 2. The molecular weight excluding hydrogens is 376 g/mol. The molecule has 0 atom stereocenters. The smallest absolute Gasteiger partial charge is 0.0731 e. The number of benzene rings is 3. The molecule has 0 bridgehead atoms. The van der Waals surface area contributed by atoms with E-state index >= 15 is 0 Å². The quantitative estimate of drug-likeness (QED) is 0.331. The molecule has 0 aliphatic heterocycles. The van der Waals surface area contributed by atoms with Gasteiger partial charge in [-0.2, -0.15) is 0 Å². The highest BCUT2D eigenvalue weighted by atomic mass is 32.2. The predicted molar refractivity (Wildman–Crippen MR) is 125 cm³/mol. The van der Waals surface area contributed by atoms with Gasteiger partial charge in [-0.1, -0.05) is 77.5 Å². The van der Waals surface area contributed by atoms with Crippen LogP contribution in [-0.2, 0) is 0 Å². The Balaban J connectivity index is 1.95. The molecule has 0 fully saturated rings. The average molecular weight is 401 g/mol. The predicted octanol–water partition coefficient (Wildman–Crippen LogP) is 8.47. The Morgan fingerprint density at radius 2 is 1.25 bits per heavy atom. The van der Waals surface area contributed by atoms with E-state index < -0.39 is 0 Å². The first-order chi connectivity index (χ1) is 13.5. The second-order valence-corrected chi connectivity index (χ2v) is 9.59. The van der Waals surface area contributed by atoms with Gasteiger partial charge in [0, 0.05) is 21.4 Å². The molecule has 0 aliphatic rings. The van der Waals surface area contributed by atoms with Crippen LogP contribution in [0.15, 0.2) is 81.2 Å². The van der Waals surface area contributed by atoms with Crippen molar-refractivity contribution in [1.29, 1.82) is 0 Å². The fraction of sp³-hybridized carbons (Fsp3) is 0.154. The van der Waals surface area contributed by atoms with Crippen molar-refractivity contribution in [3.63, 3.8) is 0 Å². The van der Waals surface area contributed by atoms with Crippen LogP contribution in [0.2, 0.25) is 0 Å². The second kappa shape index (κ2) is 7.98. The first-order valence-electron chi connectivity index (χ1n) is 9.52. The van der Waals surface area contributed by atoms with Crippen LogP contribution in [0.5, 0.6) is 0 Å². The summed E-state index contributed by atoms with van der Waals surface area (Å²) in [5, 5.41) is 2.34. The van der Waals surface area contributed by atoms with Crippen molar-refractivity contribution in [1.82, 2.24) is 0 Å². The van der Waals surface area contributed by atoms with Crippen LogP contribution in [-0.4, -0.2) is 0 Å². The lowest BCUT2D eigenvalue weighted by molar-refractivity contribution is 1.37. The molecule has 0 radical (unpaired) electrons. The normalized spacial score (nSPS) is 11.0. The Kier molecular flexibility index (Phi) is 5.43. The minimum Gasteiger partial charge on any atom is -0.136 e. The van der Waals surface area contributed by atoms with E-state index in [1.165, 1.54) is 53.6 Å². The third kappa shape index (κ3) is 3.80. The molecule has 3 aromatic carbocycles. The van der Waals surface area contributed by atoms with Gasteiger partial charge in [0.25, 0.3) is 0 Å². The molecular formula is C26H24S2. The fourth-order valence-electron chi connectivity index (χ4n) is 3.50. The molecule has 4 rings (SSSR count). The van der Waals surface area contributed by atoms with Gasteiger partial charge in [-0.25, -0.2) is 0 Å². The monoisotopic (exact) mass is 400 g/mol. The molecule has 0 saturated carbocycles. The van der Waals surface area contributed by atoms with Crippen LogP contribution in [0.25, 0.3) is 22.3 Å². The van der Waals surface area contributed by atoms with Gasteiger partial charge in [0.15, 0.2) is 0 Å². The first-order valence-corrected chi connectivity index (χ1v) is 11.2. The maximum Gasteiger partial charge on any atom is 0.0731 e. The number of thiophene rings is 1. The highest BCUT2D eigenvalue weighted by molar-refractivity contribution is 8.01. The van der Waals surface area contributed by atoms with E-state index in [-0.39, 0.29) is 0 Å². The molecule has 28 heavy (non-hydrogen) atoms. The van der Waals surface area contributed by atoms with E-state index in [9.17, 15) is 0 Å². The van der Waals surface area contributed by atoms with Gasteiger partial charge in [-0.15, -0.1) is 11.3 Å². The highest BCUT2D eigenvalue weighted by Gasteiger charge is 2.19. The maximum atomic E-state index is 2.34. The molecule has 0 spiro atoms. The lowest BCUT2D eigenvalue weighted by Crippen LogP contribution is -1.90. The summed E-state index contributed by atoms with van der Waals surface area (Å²) in [6.07, 6.45) is 0. The van der Waals surface area contributed by atoms with Crippen molar-refractivity contribution in [2.24, 2.45) is 0 Å². The van der Waals surface area contributed by atoms with E-state index in [0.717, 1.165) is 0 Å². The lowest BCUT2D eigenvalue weighted by Gasteiger charge is -2.14. The minimum absolute atomic E-state index is 1.28. The Morgan fingerprint density at radius 1 is 0.643 bits per heavy atom. The van der Waals surface area contributed by atoms with Gasteiger partial charge in [0.2, 0.25) is 0 Å². The van der Waals surface area contributed by atoms with Gasteiger partial charge in [-0.3, -0.25) is 0 Å². The van der Waals surface area contributed by atoms with Gasteiger partial charge in [-0.05, 0) is 62.1 Å². The van der Waals surface area contributed by atoms with Crippen LogP contribution >= 0.6 is 23.1 Å². The summed E-state index contributed by atoms with van der Waals surface area (Å²) in [5.41, 5.74) is 10.6. The summed E-state index contributed by atoms with van der Waals surface area (Å²) in [7, 11) is 0. The maximum absolute atomic E-state index is 2.34. The Hall–Kier alpha value is -2.29.